The molecule has 3 rings (SSSR count). The van der Waals surface area contributed by atoms with E-state index in [2.05, 4.69) is 5.16 Å². The highest BCUT2D eigenvalue weighted by molar-refractivity contribution is 7.98. The molecule has 6 nitrogen and oxygen atoms in total. The molecule has 0 radical (unpaired) electrons. The van der Waals surface area contributed by atoms with Crippen LogP contribution in [0.15, 0.2) is 44.8 Å². The van der Waals surface area contributed by atoms with Gasteiger partial charge in [-0.25, -0.2) is 4.98 Å². The third-order valence-electron chi connectivity index (χ3n) is 3.83. The zero-order valence-electron chi connectivity index (χ0n) is 15.3. The van der Waals surface area contributed by atoms with E-state index in [4.69, 9.17) is 14.2 Å². The fourth-order valence-electron chi connectivity index (χ4n) is 2.62. The van der Waals surface area contributed by atoms with Crippen LogP contribution in [0, 0.1) is 6.92 Å². The van der Waals surface area contributed by atoms with E-state index in [0.717, 1.165) is 17.9 Å². The lowest BCUT2D eigenvalue weighted by Gasteiger charge is -2.13. The van der Waals surface area contributed by atoms with E-state index in [1.807, 2.05) is 51.1 Å². The molecule has 0 N–H and O–H groups in total. The van der Waals surface area contributed by atoms with Crippen LogP contribution in [-0.4, -0.2) is 27.4 Å². The predicted octanol–water partition coefficient (Wildman–Crippen LogP) is 3.80. The Morgan fingerprint density at radius 3 is 2.85 bits per heavy atom. The summed E-state index contributed by atoms with van der Waals surface area (Å²) in [5.74, 6) is 1.38. The van der Waals surface area contributed by atoms with Gasteiger partial charge in [0.2, 0.25) is 0 Å². The third-order valence-corrected chi connectivity index (χ3v) is 4.84. The first-order valence-corrected chi connectivity index (χ1v) is 9.69. The highest BCUT2D eigenvalue weighted by Gasteiger charge is 2.12. The molecule has 3 aromatic rings. The molecule has 2 aromatic heterocycles. The summed E-state index contributed by atoms with van der Waals surface area (Å²) < 4.78 is 12.4. The van der Waals surface area contributed by atoms with Gasteiger partial charge in [0.1, 0.15) is 5.76 Å². The molecule has 2 heterocycles. The van der Waals surface area contributed by atoms with Crippen molar-refractivity contribution in [2.24, 2.45) is 0 Å². The second-order valence-electron chi connectivity index (χ2n) is 6.36. The van der Waals surface area contributed by atoms with Crippen molar-refractivity contribution in [2.45, 2.75) is 50.8 Å². The van der Waals surface area contributed by atoms with Gasteiger partial charge in [-0.05, 0) is 39.3 Å². The molecule has 7 heteroatoms. The van der Waals surface area contributed by atoms with E-state index in [9.17, 15) is 4.79 Å². The topological polar surface area (TPSA) is 70.2 Å². The van der Waals surface area contributed by atoms with Gasteiger partial charge < -0.3 is 9.26 Å². The fraction of sp³-hybridized carbons (Fsp3) is 0.421. The summed E-state index contributed by atoms with van der Waals surface area (Å²) in [7, 11) is 0. The lowest BCUT2D eigenvalue weighted by atomic mass is 10.2. The van der Waals surface area contributed by atoms with Gasteiger partial charge in [0.25, 0.3) is 5.56 Å². The number of ether oxygens (including phenoxy) is 1. The molecule has 0 atom stereocenters. The molecule has 0 saturated heterocycles. The van der Waals surface area contributed by atoms with Crippen LogP contribution in [-0.2, 0) is 17.0 Å². The molecule has 1 aromatic carbocycles. The number of aryl methyl sites for hydroxylation is 1. The second-order valence-corrected chi connectivity index (χ2v) is 7.30. The van der Waals surface area contributed by atoms with Crippen LogP contribution in [0.3, 0.4) is 0 Å². The Balaban J connectivity index is 1.85. The van der Waals surface area contributed by atoms with E-state index in [1.165, 1.54) is 11.8 Å². The molecule has 0 bridgehead atoms. The molecule has 0 amide bonds. The second kappa shape index (κ2) is 8.51. The standard InChI is InChI=1S/C19H23N3O3S/c1-13(2)24-10-6-9-22-18(23)16-7-4-5-8-17(16)20-19(22)26-12-15-11-14(3)25-21-15/h4-5,7-8,11,13H,6,9-10,12H2,1-3H3. The van der Waals surface area contributed by atoms with Gasteiger partial charge in [0.05, 0.1) is 22.7 Å². The summed E-state index contributed by atoms with van der Waals surface area (Å²) in [6.07, 6.45) is 0.945. The summed E-state index contributed by atoms with van der Waals surface area (Å²) in [4.78, 5) is 17.6. The number of rotatable bonds is 8. The Labute approximate surface area is 156 Å². The SMILES string of the molecule is Cc1cc(CSc2nc3ccccc3c(=O)n2CCCOC(C)C)no1. The molecular weight excluding hydrogens is 350 g/mol. The maximum Gasteiger partial charge on any atom is 0.262 e. The summed E-state index contributed by atoms with van der Waals surface area (Å²) in [5, 5.41) is 5.34. The summed E-state index contributed by atoms with van der Waals surface area (Å²) in [6, 6.07) is 9.34. The molecule has 0 fully saturated rings. The van der Waals surface area contributed by atoms with Gasteiger partial charge in [0.15, 0.2) is 5.16 Å². The number of hydrogen-bond acceptors (Lipinski definition) is 6. The number of nitrogens with zero attached hydrogens (tertiary/aromatic N) is 3. The Morgan fingerprint density at radius 1 is 1.31 bits per heavy atom. The Kier molecular flexibility index (Phi) is 6.11. The highest BCUT2D eigenvalue weighted by Crippen LogP contribution is 2.22. The normalized spacial score (nSPS) is 11.5. The van der Waals surface area contributed by atoms with Crippen LogP contribution in [0.2, 0.25) is 0 Å². The van der Waals surface area contributed by atoms with Crippen molar-refractivity contribution in [3.05, 3.63) is 52.1 Å². The van der Waals surface area contributed by atoms with Crippen LogP contribution in [0.25, 0.3) is 10.9 Å². The van der Waals surface area contributed by atoms with Crippen molar-refractivity contribution in [1.29, 1.82) is 0 Å². The van der Waals surface area contributed by atoms with E-state index in [1.54, 1.807) is 4.57 Å². The van der Waals surface area contributed by atoms with Crippen molar-refractivity contribution in [1.82, 2.24) is 14.7 Å². The smallest absolute Gasteiger partial charge is 0.262 e. The summed E-state index contributed by atoms with van der Waals surface area (Å²) in [6.45, 7) is 7.06. The highest BCUT2D eigenvalue weighted by atomic mass is 32.2. The quantitative estimate of drug-likeness (QED) is 0.340. The van der Waals surface area contributed by atoms with Gasteiger partial charge in [-0.3, -0.25) is 9.36 Å². The van der Waals surface area contributed by atoms with Gasteiger partial charge in [0, 0.05) is 25.0 Å². The molecule has 0 aliphatic heterocycles. The Hall–Kier alpha value is -2.12. The monoisotopic (exact) mass is 373 g/mol. The first-order chi connectivity index (χ1) is 12.5. The predicted molar refractivity (Wildman–Crippen MR) is 103 cm³/mol. The lowest BCUT2D eigenvalue weighted by Crippen LogP contribution is -2.24. The maximum atomic E-state index is 12.9. The Morgan fingerprint density at radius 2 is 2.12 bits per heavy atom. The fourth-order valence-corrected chi connectivity index (χ4v) is 3.53. The van der Waals surface area contributed by atoms with E-state index >= 15 is 0 Å². The average Bonchev–Trinajstić information content (AvgIpc) is 3.04. The largest absolute Gasteiger partial charge is 0.379 e. The zero-order valence-corrected chi connectivity index (χ0v) is 16.1. The number of para-hydroxylation sites is 1. The molecule has 26 heavy (non-hydrogen) atoms. The van der Waals surface area contributed by atoms with Crippen LogP contribution >= 0.6 is 11.8 Å². The maximum absolute atomic E-state index is 12.9. The molecule has 0 unspecified atom stereocenters. The van der Waals surface area contributed by atoms with Gasteiger partial charge in [-0.2, -0.15) is 0 Å². The van der Waals surface area contributed by atoms with Crippen LogP contribution in [0.1, 0.15) is 31.7 Å². The van der Waals surface area contributed by atoms with Crippen molar-refractivity contribution in [2.75, 3.05) is 6.61 Å². The minimum absolute atomic E-state index is 0.0148. The first kappa shape index (κ1) is 18.7. The first-order valence-electron chi connectivity index (χ1n) is 8.71. The van der Waals surface area contributed by atoms with Crippen molar-refractivity contribution in [3.8, 4) is 0 Å². The minimum atomic E-state index is -0.0148. The van der Waals surface area contributed by atoms with Crippen molar-refractivity contribution >= 4 is 22.7 Å². The number of fused-ring (bicyclic) bond motifs is 1. The van der Waals surface area contributed by atoms with Gasteiger partial charge >= 0.3 is 0 Å². The third kappa shape index (κ3) is 4.53. The zero-order chi connectivity index (χ0) is 18.5. The van der Waals surface area contributed by atoms with Gasteiger partial charge in [-0.1, -0.05) is 29.1 Å². The number of thioether (sulfide) groups is 1. The molecule has 0 spiro atoms. The van der Waals surface area contributed by atoms with E-state index in [0.29, 0.717) is 35.0 Å². The van der Waals surface area contributed by atoms with Gasteiger partial charge in [-0.15, -0.1) is 0 Å². The van der Waals surface area contributed by atoms with Crippen LogP contribution in [0.4, 0.5) is 0 Å². The Bertz CT molecular complexity index is 933. The average molecular weight is 373 g/mol. The van der Waals surface area contributed by atoms with E-state index in [-0.39, 0.29) is 11.7 Å². The van der Waals surface area contributed by atoms with Crippen LogP contribution in [0.5, 0.6) is 0 Å². The molecule has 0 aliphatic carbocycles. The summed E-state index contributed by atoms with van der Waals surface area (Å²) >= 11 is 1.50. The molecule has 0 saturated carbocycles. The van der Waals surface area contributed by atoms with Crippen molar-refractivity contribution in [3.63, 3.8) is 0 Å². The van der Waals surface area contributed by atoms with Crippen molar-refractivity contribution < 1.29 is 9.26 Å². The van der Waals surface area contributed by atoms with E-state index < -0.39 is 0 Å². The molecule has 138 valence electrons. The van der Waals surface area contributed by atoms with Crippen LogP contribution < -0.4 is 5.56 Å². The lowest BCUT2D eigenvalue weighted by molar-refractivity contribution is 0.0743. The minimum Gasteiger partial charge on any atom is -0.379 e. The number of aromatic nitrogens is 3. The molecule has 0 aliphatic rings. The summed E-state index contributed by atoms with van der Waals surface area (Å²) in [5.41, 5.74) is 1.54. The molecular formula is C19H23N3O3S. The number of hydrogen-bond donors (Lipinski definition) is 0. The number of benzene rings is 1.